The van der Waals surface area contributed by atoms with Crippen molar-refractivity contribution in [1.29, 1.82) is 0 Å². The number of carbonyl (C=O) groups excluding carboxylic acids is 2. The highest BCUT2D eigenvalue weighted by molar-refractivity contribution is 14.1. The molecule has 0 amide bonds. The normalized spacial score (nSPS) is 11.8. The van der Waals surface area contributed by atoms with Gasteiger partial charge in [0.15, 0.2) is 0 Å². The lowest BCUT2D eigenvalue weighted by Crippen LogP contribution is -2.20. The van der Waals surface area contributed by atoms with E-state index in [1.54, 1.807) is 22.7 Å². The number of hydrogen-bond acceptors (Lipinski definition) is 4. The molecular formula is C17H21IO2S2. The Morgan fingerprint density at radius 1 is 0.727 bits per heavy atom. The molecule has 1 aliphatic rings. The summed E-state index contributed by atoms with van der Waals surface area (Å²) in [4.78, 5) is 28.7. The predicted molar refractivity (Wildman–Crippen MR) is 106 cm³/mol. The molecule has 0 radical (unpaired) electrons. The van der Waals surface area contributed by atoms with Gasteiger partial charge >= 0.3 is 0 Å². The summed E-state index contributed by atoms with van der Waals surface area (Å²) < 4.78 is 0.931. The molecule has 0 atom stereocenters. The molecule has 5 heteroatoms. The number of ketones is 2. The van der Waals surface area contributed by atoms with Crippen LogP contribution in [0.1, 0.15) is 63.7 Å². The molecule has 22 heavy (non-hydrogen) atoms. The molecular weight excluding hydrogens is 427 g/mol. The Balaban J connectivity index is 0.000000561. The van der Waals surface area contributed by atoms with Crippen molar-refractivity contribution in [2.24, 2.45) is 0 Å². The molecule has 0 unspecified atom stereocenters. The van der Waals surface area contributed by atoms with Gasteiger partial charge in [-0.2, -0.15) is 0 Å². The van der Waals surface area contributed by atoms with Crippen LogP contribution < -0.4 is 0 Å². The Morgan fingerprint density at radius 3 is 1.68 bits per heavy atom. The summed E-state index contributed by atoms with van der Waals surface area (Å²) in [6, 6.07) is 0. The summed E-state index contributed by atoms with van der Waals surface area (Å²) >= 11 is 5.40. The number of rotatable bonds is 0. The monoisotopic (exact) mass is 448 g/mol. The third-order valence-electron chi connectivity index (χ3n) is 3.26. The highest BCUT2D eigenvalue weighted by Gasteiger charge is 2.37. The molecule has 3 rings (SSSR count). The van der Waals surface area contributed by atoms with Crippen LogP contribution in [-0.4, -0.2) is 11.6 Å². The summed E-state index contributed by atoms with van der Waals surface area (Å²) in [6.45, 7) is 13.9. The zero-order chi connectivity index (χ0) is 17.2. The minimum atomic E-state index is -0.341. The van der Waals surface area contributed by atoms with Crippen LogP contribution in [0.25, 0.3) is 9.75 Å². The second-order valence-corrected chi connectivity index (χ2v) is 7.85. The molecule has 2 aromatic rings. The fourth-order valence-corrected chi connectivity index (χ4v) is 5.55. The van der Waals surface area contributed by atoms with E-state index in [4.69, 9.17) is 0 Å². The van der Waals surface area contributed by atoms with E-state index in [-0.39, 0.29) is 11.6 Å². The number of Topliss-reactive ketones (excluding diaryl/α,β-unsaturated/α-hetero) is 2. The lowest BCUT2D eigenvalue weighted by molar-refractivity contribution is 0.0815. The molecule has 0 aromatic carbocycles. The first-order chi connectivity index (χ1) is 10.4. The Morgan fingerprint density at radius 2 is 1.14 bits per heavy atom. The molecule has 2 nitrogen and oxygen atoms in total. The molecule has 0 saturated heterocycles. The number of halogens is 1. The maximum Gasteiger partial charge on any atom is 0.236 e. The first-order valence-corrected chi connectivity index (χ1v) is 10.1. The van der Waals surface area contributed by atoms with Gasteiger partial charge in [-0.3, -0.25) is 9.59 Å². The molecule has 2 heterocycles. The van der Waals surface area contributed by atoms with Gasteiger partial charge in [0, 0.05) is 18.9 Å². The molecule has 0 bridgehead atoms. The quantitative estimate of drug-likeness (QED) is 0.344. The second kappa shape index (κ2) is 7.84. The molecule has 120 valence electrons. The number of carbonyl (C=O) groups is 2. The van der Waals surface area contributed by atoms with Crippen molar-refractivity contribution < 1.29 is 9.59 Å². The Labute approximate surface area is 154 Å². The van der Waals surface area contributed by atoms with Crippen LogP contribution in [0, 0.1) is 24.3 Å². The summed E-state index contributed by atoms with van der Waals surface area (Å²) in [6.07, 6.45) is 0. The largest absolute Gasteiger partial charge is 0.285 e. The zero-order valence-electron chi connectivity index (χ0n) is 14.0. The third kappa shape index (κ3) is 2.95. The average molecular weight is 448 g/mol. The van der Waals surface area contributed by atoms with E-state index in [0.717, 1.165) is 28.6 Å². The second-order valence-electron chi connectivity index (χ2n) is 4.32. The molecule has 0 fully saturated rings. The Bertz CT molecular complexity index is 661. The first kappa shape index (κ1) is 19.5. The molecule has 0 saturated carbocycles. The van der Waals surface area contributed by atoms with Gasteiger partial charge < -0.3 is 0 Å². The van der Waals surface area contributed by atoms with Crippen LogP contribution in [0.4, 0.5) is 0 Å². The van der Waals surface area contributed by atoms with E-state index < -0.39 is 0 Å². The van der Waals surface area contributed by atoms with E-state index >= 15 is 0 Å². The van der Waals surface area contributed by atoms with Crippen molar-refractivity contribution in [3.63, 3.8) is 0 Å². The zero-order valence-corrected chi connectivity index (χ0v) is 17.8. The Kier molecular flexibility index (Phi) is 6.95. The summed E-state index contributed by atoms with van der Waals surface area (Å²) in [5.41, 5.74) is 2.21. The van der Waals surface area contributed by atoms with Gasteiger partial charge in [-0.1, -0.05) is 27.7 Å². The van der Waals surface area contributed by atoms with Crippen molar-refractivity contribution in [2.45, 2.75) is 48.5 Å². The van der Waals surface area contributed by atoms with Gasteiger partial charge in [-0.05, 0) is 48.9 Å². The van der Waals surface area contributed by atoms with Crippen LogP contribution in [0.3, 0.4) is 0 Å². The van der Waals surface area contributed by atoms with Crippen molar-refractivity contribution in [3.8, 4) is 9.75 Å². The number of hydrogen-bond donors (Lipinski definition) is 0. The van der Waals surface area contributed by atoms with E-state index in [2.05, 4.69) is 22.6 Å². The van der Waals surface area contributed by atoms with Crippen LogP contribution in [-0.2, 0) is 0 Å². The van der Waals surface area contributed by atoms with Gasteiger partial charge in [0.05, 0.1) is 15.3 Å². The average Bonchev–Trinajstić information content (AvgIpc) is 3.00. The summed E-state index contributed by atoms with van der Waals surface area (Å²) in [5, 5.41) is 0. The molecule has 1 aliphatic carbocycles. The van der Waals surface area contributed by atoms with Crippen LogP contribution >= 0.6 is 45.3 Å². The molecule has 0 spiro atoms. The number of fused-ring (bicyclic) bond motifs is 3. The topological polar surface area (TPSA) is 34.1 Å². The van der Waals surface area contributed by atoms with Gasteiger partial charge in [-0.25, -0.2) is 0 Å². The van der Waals surface area contributed by atoms with Gasteiger partial charge in [0.2, 0.25) is 11.6 Å². The SMILES string of the molecule is CC.CC.Cc1sc2c(c1C)C(=O)C(=O)c1c-2sc(C)c1I. The van der Waals surface area contributed by atoms with Crippen molar-refractivity contribution in [3.05, 3.63) is 30.0 Å². The number of aryl methyl sites for hydroxylation is 2. The van der Waals surface area contributed by atoms with Crippen molar-refractivity contribution in [2.75, 3.05) is 0 Å². The minimum absolute atomic E-state index is 0.338. The van der Waals surface area contributed by atoms with Crippen LogP contribution in [0.5, 0.6) is 0 Å². The molecule has 0 N–H and O–H groups in total. The lowest BCUT2D eigenvalue weighted by Gasteiger charge is -2.11. The number of thiophene rings is 2. The first-order valence-electron chi connectivity index (χ1n) is 7.41. The van der Waals surface area contributed by atoms with Gasteiger partial charge in [0.25, 0.3) is 0 Å². The maximum atomic E-state index is 12.2. The third-order valence-corrected chi connectivity index (χ3v) is 7.45. The summed E-state index contributed by atoms with van der Waals surface area (Å²) in [7, 11) is 0. The smallest absolute Gasteiger partial charge is 0.236 e. The maximum absolute atomic E-state index is 12.2. The molecule has 0 aliphatic heterocycles. The Hall–Kier alpha value is -0.530. The fourth-order valence-electron chi connectivity index (χ4n) is 2.17. The van der Waals surface area contributed by atoms with E-state index in [9.17, 15) is 9.59 Å². The lowest BCUT2D eigenvalue weighted by atomic mass is 9.92. The van der Waals surface area contributed by atoms with E-state index in [1.807, 2.05) is 48.5 Å². The minimum Gasteiger partial charge on any atom is -0.285 e. The van der Waals surface area contributed by atoms with Gasteiger partial charge in [-0.15, -0.1) is 22.7 Å². The van der Waals surface area contributed by atoms with Gasteiger partial charge in [0.1, 0.15) is 0 Å². The highest BCUT2D eigenvalue weighted by atomic mass is 127. The van der Waals surface area contributed by atoms with Crippen LogP contribution in [0.2, 0.25) is 0 Å². The van der Waals surface area contributed by atoms with Crippen molar-refractivity contribution >= 4 is 56.8 Å². The standard InChI is InChI=1S/C13H9IO2S2.2C2H6/c1-4-5(2)17-12-7(4)10(15)11(16)8-9(14)6(3)18-13(8)12;2*1-2/h1-3H3;2*1-2H3. The predicted octanol–water partition coefficient (Wildman–Crippen LogP) is 6.44. The highest BCUT2D eigenvalue weighted by Crippen LogP contribution is 2.47. The fraction of sp³-hybridized carbons (Fsp3) is 0.412. The van der Waals surface area contributed by atoms with E-state index in [0.29, 0.717) is 11.1 Å². The molecule has 2 aromatic heterocycles. The van der Waals surface area contributed by atoms with Crippen molar-refractivity contribution in [1.82, 2.24) is 0 Å². The van der Waals surface area contributed by atoms with E-state index in [1.165, 1.54) is 0 Å². The summed E-state index contributed by atoms with van der Waals surface area (Å²) in [5.74, 6) is -0.679. The van der Waals surface area contributed by atoms with Crippen LogP contribution in [0.15, 0.2) is 0 Å².